The van der Waals surface area contributed by atoms with Crippen LogP contribution in [0.5, 0.6) is 5.88 Å². The molecule has 4 nitrogen and oxygen atoms in total. The third-order valence-electron chi connectivity index (χ3n) is 4.20. The minimum absolute atomic E-state index is 0.302. The number of anilines is 1. The van der Waals surface area contributed by atoms with Crippen LogP contribution in [0.4, 0.5) is 5.69 Å². The Morgan fingerprint density at radius 1 is 1.42 bits per heavy atom. The molecule has 0 saturated heterocycles. The van der Waals surface area contributed by atoms with Gasteiger partial charge in [0.2, 0.25) is 5.88 Å². The van der Waals surface area contributed by atoms with Crippen LogP contribution in [0.2, 0.25) is 0 Å². The van der Waals surface area contributed by atoms with E-state index >= 15 is 0 Å². The van der Waals surface area contributed by atoms with Crippen LogP contribution in [-0.2, 0) is 7.05 Å². The number of nitrogens with two attached hydrogens (primary N) is 1. The van der Waals surface area contributed by atoms with Gasteiger partial charge in [-0.15, -0.1) is 0 Å². The molecule has 108 valence electrons. The molecule has 2 rings (SSSR count). The molecule has 2 atom stereocenters. The molecule has 2 N–H and O–H groups in total. The van der Waals surface area contributed by atoms with Crippen LogP contribution in [0.3, 0.4) is 0 Å². The van der Waals surface area contributed by atoms with E-state index < -0.39 is 0 Å². The van der Waals surface area contributed by atoms with Gasteiger partial charge in [-0.2, -0.15) is 5.10 Å². The fourth-order valence-electron chi connectivity index (χ4n) is 2.99. The summed E-state index contributed by atoms with van der Waals surface area (Å²) in [6.45, 7) is 6.48. The summed E-state index contributed by atoms with van der Waals surface area (Å²) in [6.07, 6.45) is 6.44. The van der Waals surface area contributed by atoms with E-state index in [0.29, 0.717) is 12.0 Å². The van der Waals surface area contributed by atoms with Crippen molar-refractivity contribution < 1.29 is 4.74 Å². The Balaban J connectivity index is 2.10. The van der Waals surface area contributed by atoms with Crippen molar-refractivity contribution in [2.75, 3.05) is 5.73 Å². The second kappa shape index (κ2) is 5.85. The molecular formula is C15H27N3O. The van der Waals surface area contributed by atoms with Gasteiger partial charge in [-0.05, 0) is 31.1 Å². The molecule has 0 aliphatic heterocycles. The monoisotopic (exact) mass is 265 g/mol. The molecule has 2 unspecified atom stereocenters. The molecule has 1 fully saturated rings. The molecule has 1 aliphatic carbocycles. The highest BCUT2D eigenvalue weighted by Gasteiger charge is 2.25. The van der Waals surface area contributed by atoms with Crippen LogP contribution >= 0.6 is 0 Å². The first-order valence-corrected chi connectivity index (χ1v) is 7.51. The van der Waals surface area contributed by atoms with Gasteiger partial charge < -0.3 is 10.5 Å². The van der Waals surface area contributed by atoms with Crippen LogP contribution < -0.4 is 10.5 Å². The Bertz CT molecular complexity index is 425. The topological polar surface area (TPSA) is 53.1 Å². The number of rotatable bonds is 4. The lowest BCUT2D eigenvalue weighted by atomic mass is 9.85. The number of nitrogens with zero attached hydrogens (tertiary/aromatic N) is 2. The van der Waals surface area contributed by atoms with E-state index in [1.165, 1.54) is 19.3 Å². The molecule has 0 amide bonds. The lowest BCUT2D eigenvalue weighted by Crippen LogP contribution is -2.26. The maximum absolute atomic E-state index is 6.18. The normalized spacial score (nSPS) is 23.8. The Morgan fingerprint density at radius 3 is 2.74 bits per heavy atom. The van der Waals surface area contributed by atoms with Gasteiger partial charge in [0.25, 0.3) is 0 Å². The van der Waals surface area contributed by atoms with Crippen molar-refractivity contribution in [3.63, 3.8) is 0 Å². The average molecular weight is 265 g/mol. The lowest BCUT2D eigenvalue weighted by Gasteiger charge is -2.28. The molecule has 0 spiro atoms. The van der Waals surface area contributed by atoms with Gasteiger partial charge in [-0.3, -0.25) is 0 Å². The summed E-state index contributed by atoms with van der Waals surface area (Å²) in [4.78, 5) is 0. The van der Waals surface area contributed by atoms with E-state index in [9.17, 15) is 0 Å². The second-order valence-corrected chi connectivity index (χ2v) is 6.06. The van der Waals surface area contributed by atoms with Gasteiger partial charge in [-0.1, -0.05) is 33.6 Å². The maximum atomic E-state index is 6.18. The summed E-state index contributed by atoms with van der Waals surface area (Å²) in [5, 5.41) is 4.48. The van der Waals surface area contributed by atoms with Crippen LogP contribution in [0, 0.1) is 5.92 Å². The minimum atomic E-state index is 0.302. The average Bonchev–Trinajstić information content (AvgIpc) is 2.67. The molecule has 4 heteroatoms. The van der Waals surface area contributed by atoms with Gasteiger partial charge in [0.15, 0.2) is 0 Å². The predicted octanol–water partition coefficient (Wildman–Crippen LogP) is 3.47. The molecule has 0 aromatic carbocycles. The summed E-state index contributed by atoms with van der Waals surface area (Å²) in [5.74, 6) is 1.89. The summed E-state index contributed by atoms with van der Waals surface area (Å²) < 4.78 is 7.95. The zero-order chi connectivity index (χ0) is 14.0. The third-order valence-corrected chi connectivity index (χ3v) is 4.20. The van der Waals surface area contributed by atoms with E-state index in [1.54, 1.807) is 4.68 Å². The van der Waals surface area contributed by atoms with Crippen molar-refractivity contribution in [3.8, 4) is 5.88 Å². The van der Waals surface area contributed by atoms with Gasteiger partial charge >= 0.3 is 0 Å². The first-order chi connectivity index (χ1) is 9.02. The smallest absolute Gasteiger partial charge is 0.236 e. The third kappa shape index (κ3) is 3.04. The molecule has 1 heterocycles. The van der Waals surface area contributed by atoms with Crippen LogP contribution in [0.25, 0.3) is 0 Å². The number of nitrogen functional groups attached to an aromatic ring is 1. The highest BCUT2D eigenvalue weighted by molar-refractivity contribution is 5.54. The van der Waals surface area contributed by atoms with Crippen LogP contribution in [0.1, 0.15) is 64.5 Å². The van der Waals surface area contributed by atoms with Gasteiger partial charge in [0, 0.05) is 7.05 Å². The van der Waals surface area contributed by atoms with Crippen LogP contribution in [-0.4, -0.2) is 15.9 Å². The van der Waals surface area contributed by atoms with E-state index in [0.717, 1.165) is 36.0 Å². The van der Waals surface area contributed by atoms with Gasteiger partial charge in [0.05, 0.1) is 5.69 Å². The van der Waals surface area contributed by atoms with E-state index in [2.05, 4.69) is 25.9 Å². The zero-order valence-electron chi connectivity index (χ0n) is 12.6. The Hall–Kier alpha value is -1.19. The zero-order valence-corrected chi connectivity index (χ0v) is 12.6. The first kappa shape index (κ1) is 14.2. The Morgan fingerprint density at radius 2 is 2.16 bits per heavy atom. The number of hydrogen-bond donors (Lipinski definition) is 1. The molecular weight excluding hydrogens is 238 g/mol. The number of hydrogen-bond acceptors (Lipinski definition) is 3. The highest BCUT2D eigenvalue weighted by atomic mass is 16.5. The maximum Gasteiger partial charge on any atom is 0.236 e. The summed E-state index contributed by atoms with van der Waals surface area (Å²) in [7, 11) is 1.91. The lowest BCUT2D eigenvalue weighted by molar-refractivity contribution is 0.113. The Kier molecular flexibility index (Phi) is 4.38. The molecule has 19 heavy (non-hydrogen) atoms. The van der Waals surface area contributed by atoms with Crippen LogP contribution in [0.15, 0.2) is 0 Å². The second-order valence-electron chi connectivity index (χ2n) is 6.06. The highest BCUT2D eigenvalue weighted by Crippen LogP contribution is 2.34. The van der Waals surface area contributed by atoms with Crippen molar-refractivity contribution in [2.24, 2.45) is 13.0 Å². The van der Waals surface area contributed by atoms with Crippen molar-refractivity contribution >= 4 is 5.69 Å². The van der Waals surface area contributed by atoms with Crippen molar-refractivity contribution in [2.45, 2.75) is 64.9 Å². The molecule has 1 aliphatic rings. The summed E-state index contributed by atoms with van der Waals surface area (Å²) in [6, 6.07) is 0. The molecule has 0 bridgehead atoms. The summed E-state index contributed by atoms with van der Waals surface area (Å²) in [5.41, 5.74) is 7.84. The largest absolute Gasteiger partial charge is 0.473 e. The predicted molar refractivity (Wildman–Crippen MR) is 78.4 cm³/mol. The molecule has 1 aromatic rings. The molecule has 1 aromatic heterocycles. The van der Waals surface area contributed by atoms with Crippen molar-refractivity contribution in [3.05, 3.63) is 5.69 Å². The molecule has 1 saturated carbocycles. The number of aromatic nitrogens is 2. The summed E-state index contributed by atoms with van der Waals surface area (Å²) >= 11 is 0. The fraction of sp³-hybridized carbons (Fsp3) is 0.800. The molecule has 0 radical (unpaired) electrons. The first-order valence-electron chi connectivity index (χ1n) is 7.51. The van der Waals surface area contributed by atoms with Crippen molar-refractivity contribution in [1.29, 1.82) is 0 Å². The van der Waals surface area contributed by atoms with Gasteiger partial charge in [0.1, 0.15) is 11.8 Å². The van der Waals surface area contributed by atoms with E-state index in [4.69, 9.17) is 10.5 Å². The standard InChI is InChI=1S/C15H27N3O/c1-5-11-7-6-8-12(9-11)19-15-13(16)14(10(2)3)17-18(15)4/h10-12H,5-9,16H2,1-4H3. The number of aryl methyl sites for hydroxylation is 1. The minimum Gasteiger partial charge on any atom is -0.473 e. The fourth-order valence-corrected chi connectivity index (χ4v) is 2.99. The number of ether oxygens (including phenoxy) is 1. The Labute approximate surface area is 116 Å². The van der Waals surface area contributed by atoms with Gasteiger partial charge in [-0.25, -0.2) is 4.68 Å². The SMILES string of the molecule is CCC1CCCC(Oc2c(N)c(C(C)C)nn2C)C1. The van der Waals surface area contributed by atoms with E-state index in [1.807, 2.05) is 7.05 Å². The van der Waals surface area contributed by atoms with Crippen molar-refractivity contribution in [1.82, 2.24) is 9.78 Å². The quantitative estimate of drug-likeness (QED) is 0.907. The van der Waals surface area contributed by atoms with E-state index in [-0.39, 0.29) is 0 Å².